The van der Waals surface area contributed by atoms with E-state index in [-0.39, 0.29) is 10.6 Å². The van der Waals surface area contributed by atoms with E-state index in [1.165, 1.54) is 6.20 Å². The van der Waals surface area contributed by atoms with Crippen molar-refractivity contribution in [3.63, 3.8) is 0 Å². The molecule has 0 spiro atoms. The van der Waals surface area contributed by atoms with Crippen molar-refractivity contribution in [1.82, 2.24) is 14.4 Å². The molecular weight excluding hydrogens is 520 g/mol. The molecular formula is C32H36N4O3S. The molecule has 7 nitrogen and oxygen atoms in total. The third kappa shape index (κ3) is 6.93. The normalized spacial score (nSPS) is 13.2. The Kier molecular flexibility index (Phi) is 9.00. The molecule has 1 unspecified atom stereocenters. The summed E-state index contributed by atoms with van der Waals surface area (Å²) in [5.74, 6) is 0.129. The fraction of sp³-hybridized carbons (Fsp3) is 0.281. The first-order valence-electron chi connectivity index (χ1n) is 13.5. The number of rotatable bonds is 10. The molecule has 0 aliphatic heterocycles. The lowest BCUT2D eigenvalue weighted by atomic mass is 9.98. The SMILES string of the molecule is CC=CC(=CCC(C)CC)Cc1cc(S(C)(=O)=O)cnc1C(=O)Nc1ccc(-c2cn3cccc(C)c3n2)cc1. The lowest BCUT2D eigenvalue weighted by molar-refractivity contribution is 0.102. The van der Waals surface area contributed by atoms with Crippen molar-refractivity contribution < 1.29 is 13.2 Å². The number of pyridine rings is 2. The van der Waals surface area contributed by atoms with Crippen molar-refractivity contribution in [2.75, 3.05) is 11.6 Å². The van der Waals surface area contributed by atoms with E-state index in [1.807, 2.05) is 79.2 Å². The van der Waals surface area contributed by atoms with Crippen LogP contribution in [0.3, 0.4) is 0 Å². The summed E-state index contributed by atoms with van der Waals surface area (Å²) in [4.78, 5) is 22.5. The van der Waals surface area contributed by atoms with Gasteiger partial charge in [-0.15, -0.1) is 0 Å². The van der Waals surface area contributed by atoms with E-state index < -0.39 is 15.7 Å². The van der Waals surface area contributed by atoms with Gasteiger partial charge in [0.2, 0.25) is 0 Å². The van der Waals surface area contributed by atoms with Gasteiger partial charge in [-0.3, -0.25) is 4.79 Å². The average Bonchev–Trinajstić information content (AvgIpc) is 3.37. The van der Waals surface area contributed by atoms with Gasteiger partial charge in [0, 0.05) is 36.1 Å². The number of aryl methyl sites for hydroxylation is 1. The van der Waals surface area contributed by atoms with Crippen molar-refractivity contribution in [3.8, 4) is 11.3 Å². The third-order valence-electron chi connectivity index (χ3n) is 6.96. The standard InChI is InChI=1S/C32H36N4O3S/c1-6-9-24(12-11-22(3)7-2)18-26-19-28(40(5,38)39)20-33-30(26)32(37)34-27-15-13-25(14-16-27)29-21-36-17-8-10-23(4)31(36)35-29/h6,8-10,12-17,19-22H,7,11,18H2,1-5H3,(H,34,37). The van der Waals surface area contributed by atoms with Crippen LogP contribution < -0.4 is 5.32 Å². The Morgan fingerprint density at radius 1 is 1.18 bits per heavy atom. The molecule has 8 heteroatoms. The number of fused-ring (bicyclic) bond motifs is 1. The minimum absolute atomic E-state index is 0.0906. The van der Waals surface area contributed by atoms with Crippen LogP contribution in [0.25, 0.3) is 16.9 Å². The Morgan fingerprint density at radius 3 is 2.58 bits per heavy atom. The summed E-state index contributed by atoms with van der Waals surface area (Å²) in [6.45, 7) is 8.31. The zero-order valence-electron chi connectivity index (χ0n) is 23.7. The summed E-state index contributed by atoms with van der Waals surface area (Å²) in [6, 6.07) is 13.0. The number of nitrogens with one attached hydrogen (secondary N) is 1. The summed E-state index contributed by atoms with van der Waals surface area (Å²) >= 11 is 0. The molecule has 1 aromatic carbocycles. The highest BCUT2D eigenvalue weighted by molar-refractivity contribution is 7.90. The van der Waals surface area contributed by atoms with Gasteiger partial charge in [-0.25, -0.2) is 18.4 Å². The van der Waals surface area contributed by atoms with Gasteiger partial charge in [0.1, 0.15) is 11.3 Å². The summed E-state index contributed by atoms with van der Waals surface area (Å²) in [5, 5.41) is 2.92. The van der Waals surface area contributed by atoms with Gasteiger partial charge in [-0.1, -0.05) is 56.7 Å². The van der Waals surface area contributed by atoms with Crippen molar-refractivity contribution in [3.05, 3.63) is 102 Å². The minimum atomic E-state index is -3.49. The molecule has 3 heterocycles. The smallest absolute Gasteiger partial charge is 0.274 e. The van der Waals surface area contributed by atoms with Crippen LogP contribution in [0.1, 0.15) is 55.2 Å². The molecule has 1 atom stereocenters. The van der Waals surface area contributed by atoms with Crippen LogP contribution in [0.5, 0.6) is 0 Å². The predicted octanol–water partition coefficient (Wildman–Crippen LogP) is 6.84. The molecule has 4 aromatic rings. The van der Waals surface area contributed by atoms with Crippen LogP contribution >= 0.6 is 0 Å². The minimum Gasteiger partial charge on any atom is -0.321 e. The highest BCUT2D eigenvalue weighted by atomic mass is 32.2. The number of carbonyl (C=O) groups is 1. The number of hydrogen-bond acceptors (Lipinski definition) is 5. The molecule has 208 valence electrons. The second-order valence-corrected chi connectivity index (χ2v) is 12.3. The molecule has 1 amide bonds. The Hall–Kier alpha value is -4.04. The largest absolute Gasteiger partial charge is 0.321 e. The second kappa shape index (κ2) is 12.4. The number of amides is 1. The zero-order valence-corrected chi connectivity index (χ0v) is 24.5. The number of sulfone groups is 1. The van der Waals surface area contributed by atoms with E-state index in [2.05, 4.69) is 30.2 Å². The first-order valence-corrected chi connectivity index (χ1v) is 15.3. The predicted molar refractivity (Wildman–Crippen MR) is 161 cm³/mol. The number of nitrogens with zero attached hydrogens (tertiary/aromatic N) is 3. The van der Waals surface area contributed by atoms with Crippen molar-refractivity contribution >= 4 is 27.1 Å². The molecule has 0 saturated heterocycles. The summed E-state index contributed by atoms with van der Waals surface area (Å²) in [5.41, 5.74) is 6.15. The molecule has 0 saturated carbocycles. The molecule has 0 bridgehead atoms. The third-order valence-corrected chi connectivity index (χ3v) is 8.04. The Balaban J connectivity index is 1.60. The second-order valence-electron chi connectivity index (χ2n) is 10.2. The highest BCUT2D eigenvalue weighted by Crippen LogP contribution is 2.24. The van der Waals surface area contributed by atoms with Gasteiger partial charge in [0.15, 0.2) is 9.84 Å². The molecule has 0 fully saturated rings. The van der Waals surface area contributed by atoms with Crippen molar-refractivity contribution in [1.29, 1.82) is 0 Å². The fourth-order valence-corrected chi connectivity index (χ4v) is 4.99. The number of anilines is 1. The number of carbonyl (C=O) groups excluding carboxylic acids is 1. The summed E-state index contributed by atoms with van der Waals surface area (Å²) < 4.78 is 26.5. The maximum atomic E-state index is 13.4. The molecule has 40 heavy (non-hydrogen) atoms. The van der Waals surface area contributed by atoms with Gasteiger partial charge in [0.05, 0.1) is 10.6 Å². The number of aromatic nitrogens is 3. The van der Waals surface area contributed by atoms with E-state index in [0.29, 0.717) is 23.6 Å². The summed E-state index contributed by atoms with van der Waals surface area (Å²) in [6.07, 6.45) is 14.8. The molecule has 4 rings (SSSR count). The molecule has 3 aromatic heterocycles. The number of imidazole rings is 1. The number of benzene rings is 1. The van der Waals surface area contributed by atoms with E-state index >= 15 is 0 Å². The van der Waals surface area contributed by atoms with Crippen molar-refractivity contribution in [2.45, 2.75) is 51.9 Å². The highest BCUT2D eigenvalue weighted by Gasteiger charge is 2.19. The topological polar surface area (TPSA) is 93.4 Å². The number of allylic oxidation sites excluding steroid dienone is 4. The van der Waals surface area contributed by atoms with E-state index in [4.69, 9.17) is 4.98 Å². The zero-order chi connectivity index (χ0) is 28.9. The lowest BCUT2D eigenvalue weighted by Gasteiger charge is -2.13. The maximum absolute atomic E-state index is 13.4. The first kappa shape index (κ1) is 29.0. The van der Waals surface area contributed by atoms with Gasteiger partial charge in [-0.2, -0.15) is 0 Å². The molecule has 0 aliphatic rings. The van der Waals surface area contributed by atoms with E-state index in [1.54, 1.807) is 6.07 Å². The molecule has 0 aliphatic carbocycles. The molecule has 1 N–H and O–H groups in total. The number of hydrogen-bond donors (Lipinski definition) is 1. The maximum Gasteiger partial charge on any atom is 0.274 e. The van der Waals surface area contributed by atoms with Gasteiger partial charge in [-0.05, 0) is 73.6 Å². The van der Waals surface area contributed by atoms with Crippen molar-refractivity contribution in [2.24, 2.45) is 5.92 Å². The Morgan fingerprint density at radius 2 is 1.93 bits per heavy atom. The quantitative estimate of drug-likeness (QED) is 0.216. The van der Waals surface area contributed by atoms with Gasteiger partial charge >= 0.3 is 0 Å². The fourth-order valence-electron chi connectivity index (χ4n) is 4.39. The Bertz CT molecular complexity index is 1680. The van der Waals surface area contributed by atoms with Crippen LogP contribution in [0.15, 0.2) is 89.8 Å². The van der Waals surface area contributed by atoms with Crippen LogP contribution in [0.4, 0.5) is 5.69 Å². The first-order chi connectivity index (χ1) is 19.1. The van der Waals surface area contributed by atoms with Crippen LogP contribution in [-0.2, 0) is 16.3 Å². The van der Waals surface area contributed by atoms with Gasteiger partial charge < -0.3 is 9.72 Å². The lowest BCUT2D eigenvalue weighted by Crippen LogP contribution is -2.17. The van der Waals surface area contributed by atoms with E-state index in [9.17, 15) is 13.2 Å². The average molecular weight is 557 g/mol. The summed E-state index contributed by atoms with van der Waals surface area (Å²) in [7, 11) is -3.49. The van der Waals surface area contributed by atoms with Gasteiger partial charge in [0.25, 0.3) is 5.91 Å². The van der Waals surface area contributed by atoms with Crippen LogP contribution in [-0.4, -0.2) is 34.9 Å². The van der Waals surface area contributed by atoms with E-state index in [0.717, 1.165) is 47.1 Å². The van der Waals surface area contributed by atoms with Crippen LogP contribution in [0.2, 0.25) is 0 Å². The van der Waals surface area contributed by atoms with Crippen LogP contribution in [0, 0.1) is 12.8 Å². The molecule has 0 radical (unpaired) electrons. The Labute approximate surface area is 236 Å². The monoisotopic (exact) mass is 556 g/mol.